The van der Waals surface area contributed by atoms with Crippen LogP contribution in [-0.2, 0) is 0 Å². The van der Waals surface area contributed by atoms with Crippen LogP contribution in [0.1, 0.15) is 85.5 Å². The fourth-order valence-electron chi connectivity index (χ4n) is 7.74. The number of rotatable bonds is 0. The van der Waals surface area contributed by atoms with Crippen molar-refractivity contribution in [2.75, 3.05) is 0 Å². The van der Waals surface area contributed by atoms with E-state index in [9.17, 15) is 0 Å². The standard InChI is InChI=1S/C21H36/c1-14-9-11-21(4)16(13-14)6-7-17-18-8-5-15(2)20(18,3)12-10-19(17)21/h14-19H,5-13H2,1-4H3/t14-,15?,16?,17?,18?,19?,20+,21-/m0/s1. The molecule has 4 saturated carbocycles. The first-order valence-electron chi connectivity index (χ1n) is 9.95. The topological polar surface area (TPSA) is 0 Å². The third-order valence-corrected chi connectivity index (χ3v) is 9.40. The van der Waals surface area contributed by atoms with Crippen LogP contribution in [0.15, 0.2) is 0 Å². The third-order valence-electron chi connectivity index (χ3n) is 9.40. The van der Waals surface area contributed by atoms with Crippen LogP contribution in [0.4, 0.5) is 0 Å². The van der Waals surface area contributed by atoms with Gasteiger partial charge in [-0.2, -0.15) is 0 Å². The highest BCUT2D eigenvalue weighted by Gasteiger charge is 2.59. The lowest BCUT2D eigenvalue weighted by Crippen LogP contribution is -2.53. The molecule has 0 nitrogen and oxygen atoms in total. The van der Waals surface area contributed by atoms with E-state index in [0.29, 0.717) is 10.8 Å². The van der Waals surface area contributed by atoms with Gasteiger partial charge in [-0.05, 0) is 97.7 Å². The van der Waals surface area contributed by atoms with Gasteiger partial charge in [-0.3, -0.25) is 0 Å². The summed E-state index contributed by atoms with van der Waals surface area (Å²) in [6.07, 6.45) is 13.9. The maximum atomic E-state index is 2.71. The van der Waals surface area contributed by atoms with Crippen LogP contribution in [-0.4, -0.2) is 0 Å². The Balaban J connectivity index is 1.62. The molecule has 0 aliphatic heterocycles. The van der Waals surface area contributed by atoms with E-state index in [2.05, 4.69) is 27.7 Å². The summed E-state index contributed by atoms with van der Waals surface area (Å²) in [4.78, 5) is 0. The van der Waals surface area contributed by atoms with Gasteiger partial charge in [-0.1, -0.05) is 34.1 Å². The van der Waals surface area contributed by atoms with Crippen LogP contribution in [0, 0.1) is 46.3 Å². The highest BCUT2D eigenvalue weighted by atomic mass is 14.6. The normalized spacial score (nSPS) is 60.0. The van der Waals surface area contributed by atoms with E-state index in [1.165, 1.54) is 25.7 Å². The quantitative estimate of drug-likeness (QED) is 0.490. The highest BCUT2D eigenvalue weighted by Crippen LogP contribution is 2.67. The van der Waals surface area contributed by atoms with Crippen LogP contribution in [0.25, 0.3) is 0 Å². The van der Waals surface area contributed by atoms with Gasteiger partial charge in [-0.25, -0.2) is 0 Å². The van der Waals surface area contributed by atoms with Crippen molar-refractivity contribution in [2.24, 2.45) is 46.3 Å². The second-order valence-corrected chi connectivity index (χ2v) is 10.1. The fraction of sp³-hybridized carbons (Fsp3) is 1.00. The first-order chi connectivity index (χ1) is 9.95. The molecule has 5 unspecified atom stereocenters. The monoisotopic (exact) mass is 288 g/mol. The van der Waals surface area contributed by atoms with E-state index in [0.717, 1.165) is 35.5 Å². The van der Waals surface area contributed by atoms with Crippen molar-refractivity contribution in [3.63, 3.8) is 0 Å². The van der Waals surface area contributed by atoms with Crippen molar-refractivity contribution in [1.29, 1.82) is 0 Å². The molecule has 4 aliphatic rings. The molecular weight excluding hydrogens is 252 g/mol. The Bertz CT molecular complexity index is 412. The molecule has 0 N–H and O–H groups in total. The van der Waals surface area contributed by atoms with Crippen molar-refractivity contribution >= 4 is 0 Å². The van der Waals surface area contributed by atoms with Gasteiger partial charge in [0.2, 0.25) is 0 Å². The molecule has 0 aromatic rings. The minimum Gasteiger partial charge on any atom is -0.0625 e. The van der Waals surface area contributed by atoms with Crippen LogP contribution < -0.4 is 0 Å². The minimum atomic E-state index is 0.701. The van der Waals surface area contributed by atoms with Crippen LogP contribution >= 0.6 is 0 Å². The molecule has 0 aromatic carbocycles. The Labute approximate surface area is 132 Å². The lowest BCUT2D eigenvalue weighted by atomic mass is 9.44. The van der Waals surface area contributed by atoms with Gasteiger partial charge in [0, 0.05) is 0 Å². The molecule has 120 valence electrons. The summed E-state index contributed by atoms with van der Waals surface area (Å²) in [7, 11) is 0. The molecule has 0 heterocycles. The van der Waals surface area contributed by atoms with Crippen molar-refractivity contribution in [3.8, 4) is 0 Å². The molecular formula is C21H36. The summed E-state index contributed by atoms with van der Waals surface area (Å²) >= 11 is 0. The Hall–Kier alpha value is 0. The number of fused-ring (bicyclic) bond motifs is 5. The molecule has 4 rings (SSSR count). The first-order valence-corrected chi connectivity index (χ1v) is 9.95. The average molecular weight is 289 g/mol. The molecule has 0 amide bonds. The molecule has 0 radical (unpaired) electrons. The van der Waals surface area contributed by atoms with Gasteiger partial charge in [0.15, 0.2) is 0 Å². The zero-order valence-electron chi connectivity index (χ0n) is 14.8. The molecule has 4 fully saturated rings. The van der Waals surface area contributed by atoms with Crippen molar-refractivity contribution < 1.29 is 0 Å². The Morgan fingerprint density at radius 2 is 1.43 bits per heavy atom. The van der Waals surface area contributed by atoms with Gasteiger partial charge in [0.05, 0.1) is 0 Å². The Kier molecular flexibility index (Phi) is 3.30. The zero-order chi connectivity index (χ0) is 14.8. The van der Waals surface area contributed by atoms with E-state index in [-0.39, 0.29) is 0 Å². The summed E-state index contributed by atoms with van der Waals surface area (Å²) in [6, 6.07) is 0. The summed E-state index contributed by atoms with van der Waals surface area (Å²) < 4.78 is 0. The van der Waals surface area contributed by atoms with E-state index in [1.54, 1.807) is 32.1 Å². The second-order valence-electron chi connectivity index (χ2n) is 10.1. The SMILES string of the molecule is CC1CCC2C3CCC4C[C@@H](C)CC[C@]4(C)C3CC[C@]12C. The Morgan fingerprint density at radius 3 is 2.24 bits per heavy atom. The van der Waals surface area contributed by atoms with Crippen molar-refractivity contribution in [1.82, 2.24) is 0 Å². The third kappa shape index (κ3) is 1.93. The van der Waals surface area contributed by atoms with E-state index >= 15 is 0 Å². The zero-order valence-corrected chi connectivity index (χ0v) is 14.8. The molecule has 0 aromatic heterocycles. The largest absolute Gasteiger partial charge is 0.0625 e. The van der Waals surface area contributed by atoms with E-state index in [1.807, 2.05) is 0 Å². The molecule has 0 heteroatoms. The fourth-order valence-corrected chi connectivity index (χ4v) is 7.74. The molecule has 0 bridgehead atoms. The second kappa shape index (κ2) is 4.75. The van der Waals surface area contributed by atoms with Crippen LogP contribution in [0.3, 0.4) is 0 Å². The van der Waals surface area contributed by atoms with Gasteiger partial charge in [0.25, 0.3) is 0 Å². The average Bonchev–Trinajstić information content (AvgIpc) is 2.76. The molecule has 4 aliphatic carbocycles. The van der Waals surface area contributed by atoms with Crippen molar-refractivity contribution in [2.45, 2.75) is 85.5 Å². The maximum Gasteiger partial charge on any atom is -0.0266 e. The maximum absolute atomic E-state index is 2.71. The Morgan fingerprint density at radius 1 is 0.714 bits per heavy atom. The molecule has 0 saturated heterocycles. The van der Waals surface area contributed by atoms with Crippen LogP contribution in [0.5, 0.6) is 0 Å². The predicted octanol–water partition coefficient (Wildman–Crippen LogP) is 6.30. The summed E-state index contributed by atoms with van der Waals surface area (Å²) in [5.41, 5.74) is 1.41. The van der Waals surface area contributed by atoms with Gasteiger partial charge in [0.1, 0.15) is 0 Å². The van der Waals surface area contributed by atoms with E-state index < -0.39 is 0 Å². The molecule has 8 atom stereocenters. The first kappa shape index (κ1) is 14.6. The lowest BCUT2D eigenvalue weighted by molar-refractivity contribution is -0.115. The minimum absolute atomic E-state index is 0.701. The van der Waals surface area contributed by atoms with Crippen molar-refractivity contribution in [3.05, 3.63) is 0 Å². The highest BCUT2D eigenvalue weighted by molar-refractivity contribution is 5.08. The summed E-state index contributed by atoms with van der Waals surface area (Å²) in [5.74, 6) is 6.28. The van der Waals surface area contributed by atoms with Gasteiger partial charge in [-0.15, -0.1) is 0 Å². The molecule has 0 spiro atoms. The lowest BCUT2D eigenvalue weighted by Gasteiger charge is -2.61. The van der Waals surface area contributed by atoms with Gasteiger partial charge < -0.3 is 0 Å². The predicted molar refractivity (Wildman–Crippen MR) is 90.1 cm³/mol. The van der Waals surface area contributed by atoms with Gasteiger partial charge >= 0.3 is 0 Å². The summed E-state index contributed by atoms with van der Waals surface area (Å²) in [6.45, 7) is 10.4. The smallest absolute Gasteiger partial charge is 0.0266 e. The van der Waals surface area contributed by atoms with Crippen LogP contribution in [0.2, 0.25) is 0 Å². The summed E-state index contributed by atoms with van der Waals surface area (Å²) in [5, 5.41) is 0. The number of hydrogen-bond donors (Lipinski definition) is 0. The van der Waals surface area contributed by atoms with E-state index in [4.69, 9.17) is 0 Å². The molecule has 21 heavy (non-hydrogen) atoms. The number of hydrogen-bond acceptors (Lipinski definition) is 0.